The summed E-state index contributed by atoms with van der Waals surface area (Å²) in [5.41, 5.74) is 1.58. The van der Waals surface area contributed by atoms with Crippen LogP contribution in [0.3, 0.4) is 0 Å². The Morgan fingerprint density at radius 2 is 2.25 bits per heavy atom. The van der Waals surface area contributed by atoms with Gasteiger partial charge < -0.3 is 5.32 Å². The zero-order valence-electron chi connectivity index (χ0n) is 9.07. The minimum absolute atomic E-state index is 0.0392. The fraction of sp³-hybridized carbons (Fsp3) is 0.273. The highest BCUT2D eigenvalue weighted by molar-refractivity contribution is 7.09. The van der Waals surface area contributed by atoms with Crippen LogP contribution in [0.25, 0.3) is 0 Å². The highest BCUT2D eigenvalue weighted by Gasteiger charge is 2.08. The molecule has 0 bridgehead atoms. The molecule has 1 heterocycles. The van der Waals surface area contributed by atoms with Crippen molar-refractivity contribution in [2.45, 2.75) is 19.9 Å². The predicted molar refractivity (Wildman–Crippen MR) is 63.1 cm³/mol. The first-order valence-electron chi connectivity index (χ1n) is 4.97. The third-order valence-corrected chi connectivity index (χ3v) is 3.01. The van der Waals surface area contributed by atoms with E-state index in [2.05, 4.69) is 14.9 Å². The van der Waals surface area contributed by atoms with Crippen molar-refractivity contribution in [1.29, 1.82) is 0 Å². The molecule has 3 nitrogen and oxygen atoms in total. The van der Waals surface area contributed by atoms with Gasteiger partial charge in [0, 0.05) is 17.6 Å². The SMILES string of the molecule is Cc1ccc(C(C)Nc2cnns2)cc1F. The number of halogens is 1. The molecule has 1 atom stereocenters. The fourth-order valence-corrected chi connectivity index (χ4v) is 1.91. The number of nitrogens with one attached hydrogen (secondary N) is 1. The Morgan fingerprint density at radius 3 is 2.88 bits per heavy atom. The lowest BCUT2D eigenvalue weighted by molar-refractivity contribution is 0.614. The van der Waals surface area contributed by atoms with E-state index in [4.69, 9.17) is 0 Å². The summed E-state index contributed by atoms with van der Waals surface area (Å²) in [6.07, 6.45) is 1.66. The molecule has 84 valence electrons. The molecule has 0 aliphatic heterocycles. The number of rotatable bonds is 3. The summed E-state index contributed by atoms with van der Waals surface area (Å²) in [5, 5.41) is 7.83. The first-order chi connectivity index (χ1) is 7.66. The molecular formula is C11H12FN3S. The van der Waals surface area contributed by atoms with Gasteiger partial charge in [-0.1, -0.05) is 16.6 Å². The molecule has 0 spiro atoms. The molecule has 0 amide bonds. The number of benzene rings is 1. The van der Waals surface area contributed by atoms with Gasteiger partial charge in [-0.15, -0.1) is 5.10 Å². The quantitative estimate of drug-likeness (QED) is 0.891. The third-order valence-electron chi connectivity index (χ3n) is 2.42. The molecule has 0 fully saturated rings. The van der Waals surface area contributed by atoms with Crippen LogP contribution in [0, 0.1) is 12.7 Å². The predicted octanol–water partition coefficient (Wildman–Crippen LogP) is 3.16. The molecule has 0 saturated heterocycles. The van der Waals surface area contributed by atoms with E-state index in [-0.39, 0.29) is 11.9 Å². The molecule has 2 rings (SSSR count). The lowest BCUT2D eigenvalue weighted by Gasteiger charge is -2.13. The van der Waals surface area contributed by atoms with Crippen molar-refractivity contribution in [2.24, 2.45) is 0 Å². The molecule has 1 unspecified atom stereocenters. The van der Waals surface area contributed by atoms with Crippen molar-refractivity contribution >= 4 is 16.5 Å². The zero-order chi connectivity index (χ0) is 11.5. The Hall–Kier alpha value is -1.49. The fourth-order valence-electron chi connectivity index (χ4n) is 1.41. The number of anilines is 1. The molecular weight excluding hydrogens is 225 g/mol. The van der Waals surface area contributed by atoms with Crippen molar-refractivity contribution in [3.8, 4) is 0 Å². The van der Waals surface area contributed by atoms with Crippen LogP contribution in [0.5, 0.6) is 0 Å². The Kier molecular flexibility index (Phi) is 3.14. The summed E-state index contributed by atoms with van der Waals surface area (Å²) in [6.45, 7) is 3.73. The van der Waals surface area contributed by atoms with Crippen LogP contribution < -0.4 is 5.32 Å². The molecule has 2 aromatic rings. The molecule has 1 aromatic carbocycles. The largest absolute Gasteiger partial charge is 0.368 e. The van der Waals surface area contributed by atoms with E-state index in [1.54, 1.807) is 25.3 Å². The van der Waals surface area contributed by atoms with Crippen LogP contribution in [-0.2, 0) is 0 Å². The standard InChI is InChI=1S/C11H12FN3S/c1-7-3-4-9(5-10(7)12)8(2)14-11-6-13-15-16-11/h3-6,8,14H,1-2H3. The number of aryl methyl sites for hydroxylation is 1. The number of aromatic nitrogens is 2. The zero-order valence-corrected chi connectivity index (χ0v) is 9.88. The second-order valence-corrected chi connectivity index (χ2v) is 4.44. The maximum atomic E-state index is 13.4. The topological polar surface area (TPSA) is 37.8 Å². The summed E-state index contributed by atoms with van der Waals surface area (Å²) >= 11 is 1.29. The van der Waals surface area contributed by atoms with Gasteiger partial charge in [0.15, 0.2) is 0 Å². The Morgan fingerprint density at radius 1 is 1.44 bits per heavy atom. The smallest absolute Gasteiger partial charge is 0.130 e. The number of hydrogen-bond donors (Lipinski definition) is 1. The van der Waals surface area contributed by atoms with Gasteiger partial charge >= 0.3 is 0 Å². The maximum absolute atomic E-state index is 13.4. The van der Waals surface area contributed by atoms with Crippen LogP contribution in [0.4, 0.5) is 9.39 Å². The normalized spacial score (nSPS) is 12.4. The molecule has 0 saturated carbocycles. The first-order valence-corrected chi connectivity index (χ1v) is 5.74. The Balaban J connectivity index is 2.14. The highest BCUT2D eigenvalue weighted by Crippen LogP contribution is 2.22. The average Bonchev–Trinajstić information content (AvgIpc) is 2.74. The van der Waals surface area contributed by atoms with Crippen LogP contribution in [0.1, 0.15) is 24.1 Å². The molecule has 0 aliphatic rings. The van der Waals surface area contributed by atoms with Gasteiger partial charge in [-0.25, -0.2) is 4.39 Å². The van der Waals surface area contributed by atoms with E-state index < -0.39 is 0 Å². The summed E-state index contributed by atoms with van der Waals surface area (Å²) in [6, 6.07) is 5.30. The molecule has 1 N–H and O–H groups in total. The Labute approximate surface area is 97.5 Å². The minimum Gasteiger partial charge on any atom is -0.368 e. The van der Waals surface area contributed by atoms with Crippen LogP contribution in [-0.4, -0.2) is 9.59 Å². The van der Waals surface area contributed by atoms with Gasteiger partial charge in [-0.05, 0) is 31.0 Å². The van der Waals surface area contributed by atoms with Crippen molar-refractivity contribution in [2.75, 3.05) is 5.32 Å². The number of nitrogens with zero attached hydrogens (tertiary/aromatic N) is 2. The average molecular weight is 237 g/mol. The monoisotopic (exact) mass is 237 g/mol. The van der Waals surface area contributed by atoms with E-state index in [9.17, 15) is 4.39 Å². The summed E-state index contributed by atoms with van der Waals surface area (Å²) in [7, 11) is 0. The second-order valence-electron chi connectivity index (χ2n) is 3.66. The van der Waals surface area contributed by atoms with Gasteiger partial charge in [0.25, 0.3) is 0 Å². The van der Waals surface area contributed by atoms with Gasteiger partial charge in [-0.3, -0.25) is 0 Å². The third kappa shape index (κ3) is 2.36. The van der Waals surface area contributed by atoms with Gasteiger partial charge in [0.05, 0.1) is 6.20 Å². The van der Waals surface area contributed by atoms with Crippen LogP contribution in [0.2, 0.25) is 0 Å². The van der Waals surface area contributed by atoms with Gasteiger partial charge in [-0.2, -0.15) is 0 Å². The maximum Gasteiger partial charge on any atom is 0.130 e. The lowest BCUT2D eigenvalue weighted by Crippen LogP contribution is -2.06. The molecule has 16 heavy (non-hydrogen) atoms. The van der Waals surface area contributed by atoms with Crippen molar-refractivity contribution in [3.05, 3.63) is 41.3 Å². The van der Waals surface area contributed by atoms with Crippen molar-refractivity contribution < 1.29 is 4.39 Å². The van der Waals surface area contributed by atoms with Crippen LogP contribution >= 0.6 is 11.5 Å². The molecule has 5 heteroatoms. The molecule has 1 aromatic heterocycles. The molecule has 0 aliphatic carbocycles. The highest BCUT2D eigenvalue weighted by atomic mass is 32.1. The van der Waals surface area contributed by atoms with Crippen molar-refractivity contribution in [3.63, 3.8) is 0 Å². The first kappa shape index (κ1) is 11.0. The summed E-state index contributed by atoms with van der Waals surface area (Å²) in [4.78, 5) is 0. The van der Waals surface area contributed by atoms with E-state index >= 15 is 0 Å². The summed E-state index contributed by atoms with van der Waals surface area (Å²) in [5.74, 6) is -0.173. The minimum atomic E-state index is -0.173. The molecule has 0 radical (unpaired) electrons. The van der Waals surface area contributed by atoms with E-state index in [1.807, 2.05) is 13.0 Å². The second kappa shape index (κ2) is 4.57. The van der Waals surface area contributed by atoms with Crippen molar-refractivity contribution in [1.82, 2.24) is 9.59 Å². The summed E-state index contributed by atoms with van der Waals surface area (Å²) < 4.78 is 17.1. The number of hydrogen-bond acceptors (Lipinski definition) is 4. The van der Waals surface area contributed by atoms with Crippen LogP contribution in [0.15, 0.2) is 24.4 Å². The Bertz CT molecular complexity index is 470. The van der Waals surface area contributed by atoms with E-state index in [0.717, 1.165) is 10.6 Å². The lowest BCUT2D eigenvalue weighted by atomic mass is 10.1. The van der Waals surface area contributed by atoms with E-state index in [1.165, 1.54) is 11.5 Å². The van der Waals surface area contributed by atoms with Gasteiger partial charge in [0.2, 0.25) is 0 Å². The van der Waals surface area contributed by atoms with Gasteiger partial charge in [0.1, 0.15) is 10.8 Å². The van der Waals surface area contributed by atoms with E-state index in [0.29, 0.717) is 5.56 Å².